The maximum absolute atomic E-state index is 10.6. The van der Waals surface area contributed by atoms with Crippen molar-refractivity contribution in [2.45, 2.75) is 19.8 Å². The zero-order chi connectivity index (χ0) is 11.5. The average molecular weight is 220 g/mol. The Kier molecular flexibility index (Phi) is 3.08. The van der Waals surface area contributed by atoms with Gasteiger partial charge in [0.2, 0.25) is 0 Å². The molecule has 2 rings (SSSR count). The van der Waals surface area contributed by atoms with E-state index in [1.807, 2.05) is 25.3 Å². The first-order chi connectivity index (χ1) is 7.65. The molecule has 1 saturated heterocycles. The Labute approximate surface area is 94.9 Å². The summed E-state index contributed by atoms with van der Waals surface area (Å²) < 4.78 is 0. The molecule has 1 fully saturated rings. The summed E-state index contributed by atoms with van der Waals surface area (Å²) in [6.07, 6.45) is 3.06. The molecule has 1 aliphatic rings. The van der Waals surface area contributed by atoms with Gasteiger partial charge in [0.25, 0.3) is 0 Å². The summed E-state index contributed by atoms with van der Waals surface area (Å²) in [5, 5.41) is 8.73. The lowest BCUT2D eigenvalue weighted by Crippen LogP contribution is -2.21. The summed E-state index contributed by atoms with van der Waals surface area (Å²) in [6.45, 7) is 3.73. The molecule has 1 aromatic rings. The molecule has 4 heteroatoms. The highest BCUT2D eigenvalue weighted by Crippen LogP contribution is 2.24. The second kappa shape index (κ2) is 4.51. The third-order valence-electron chi connectivity index (χ3n) is 2.97. The van der Waals surface area contributed by atoms with Crippen molar-refractivity contribution in [3.8, 4) is 0 Å². The number of pyridine rings is 1. The second-order valence-corrected chi connectivity index (χ2v) is 4.39. The van der Waals surface area contributed by atoms with Crippen LogP contribution in [0.25, 0.3) is 0 Å². The summed E-state index contributed by atoms with van der Waals surface area (Å²) in [4.78, 5) is 17.1. The minimum absolute atomic E-state index is 0.264. The van der Waals surface area contributed by atoms with Gasteiger partial charge in [0.1, 0.15) is 5.82 Å². The first kappa shape index (κ1) is 10.9. The summed E-state index contributed by atoms with van der Waals surface area (Å²) in [5.41, 5.74) is 1.14. The molecule has 1 aliphatic heterocycles. The van der Waals surface area contributed by atoms with E-state index in [2.05, 4.69) is 9.88 Å². The highest BCUT2D eigenvalue weighted by Gasteiger charge is 2.25. The van der Waals surface area contributed by atoms with Crippen LogP contribution >= 0.6 is 0 Å². The fraction of sp³-hybridized carbons (Fsp3) is 0.500. The molecule has 0 aliphatic carbocycles. The number of nitrogens with zero attached hydrogens (tertiary/aromatic N) is 2. The fourth-order valence-electron chi connectivity index (χ4n) is 2.10. The fourth-order valence-corrected chi connectivity index (χ4v) is 2.10. The Morgan fingerprint density at radius 3 is 3.06 bits per heavy atom. The SMILES string of the molecule is Cc1ccc(N2CCC(CC(=O)O)C2)nc1. The molecule has 16 heavy (non-hydrogen) atoms. The van der Waals surface area contributed by atoms with Gasteiger partial charge in [0.05, 0.1) is 0 Å². The molecule has 0 amide bonds. The summed E-state index contributed by atoms with van der Waals surface area (Å²) in [7, 11) is 0. The predicted octanol–water partition coefficient (Wildman–Crippen LogP) is 1.69. The molecular weight excluding hydrogens is 204 g/mol. The Bertz CT molecular complexity index is 375. The van der Waals surface area contributed by atoms with E-state index in [-0.39, 0.29) is 12.3 Å². The van der Waals surface area contributed by atoms with Gasteiger partial charge in [0, 0.05) is 25.7 Å². The quantitative estimate of drug-likeness (QED) is 0.842. The molecular formula is C12H16N2O2. The Hall–Kier alpha value is -1.58. The van der Waals surface area contributed by atoms with Crippen molar-refractivity contribution in [3.63, 3.8) is 0 Å². The summed E-state index contributed by atoms with van der Waals surface area (Å²) in [5.74, 6) is 0.516. The number of aryl methyl sites for hydroxylation is 1. The van der Waals surface area contributed by atoms with Gasteiger partial charge in [0.15, 0.2) is 0 Å². The lowest BCUT2D eigenvalue weighted by Gasteiger charge is -2.17. The normalized spacial score (nSPS) is 20.1. The van der Waals surface area contributed by atoms with Gasteiger partial charge >= 0.3 is 5.97 Å². The van der Waals surface area contributed by atoms with Crippen LogP contribution < -0.4 is 4.90 Å². The van der Waals surface area contributed by atoms with Gasteiger partial charge in [-0.3, -0.25) is 4.79 Å². The maximum atomic E-state index is 10.6. The molecule has 0 radical (unpaired) electrons. The van der Waals surface area contributed by atoms with Gasteiger partial charge in [-0.15, -0.1) is 0 Å². The van der Waals surface area contributed by atoms with Crippen LogP contribution in [0.1, 0.15) is 18.4 Å². The lowest BCUT2D eigenvalue weighted by atomic mass is 10.1. The van der Waals surface area contributed by atoms with Gasteiger partial charge in [-0.1, -0.05) is 6.07 Å². The van der Waals surface area contributed by atoms with Crippen LogP contribution in [0, 0.1) is 12.8 Å². The van der Waals surface area contributed by atoms with Crippen LogP contribution in [0.5, 0.6) is 0 Å². The summed E-state index contributed by atoms with van der Waals surface area (Å²) in [6, 6.07) is 4.03. The number of rotatable bonds is 3. The number of aromatic nitrogens is 1. The minimum Gasteiger partial charge on any atom is -0.481 e. The van der Waals surface area contributed by atoms with Crippen molar-refractivity contribution < 1.29 is 9.90 Å². The molecule has 1 aromatic heterocycles. The number of carboxylic acid groups (broad SMARTS) is 1. The second-order valence-electron chi connectivity index (χ2n) is 4.39. The van der Waals surface area contributed by atoms with Crippen LogP contribution in [0.4, 0.5) is 5.82 Å². The third kappa shape index (κ3) is 2.51. The number of carboxylic acids is 1. The van der Waals surface area contributed by atoms with Gasteiger partial charge in [-0.25, -0.2) is 4.98 Å². The first-order valence-corrected chi connectivity index (χ1v) is 5.54. The molecule has 4 nitrogen and oxygen atoms in total. The van der Waals surface area contributed by atoms with Crippen LogP contribution in [0.15, 0.2) is 18.3 Å². The Morgan fingerprint density at radius 1 is 1.62 bits per heavy atom. The highest BCUT2D eigenvalue weighted by molar-refractivity contribution is 5.67. The van der Waals surface area contributed by atoms with Crippen molar-refractivity contribution in [1.29, 1.82) is 0 Å². The number of carbonyl (C=O) groups is 1. The standard InChI is InChI=1S/C12H16N2O2/c1-9-2-3-11(13-7-9)14-5-4-10(8-14)6-12(15)16/h2-3,7,10H,4-6,8H2,1H3,(H,15,16). The number of hydrogen-bond acceptors (Lipinski definition) is 3. The van der Waals surface area contributed by atoms with Crippen molar-refractivity contribution in [3.05, 3.63) is 23.9 Å². The minimum atomic E-state index is -0.705. The first-order valence-electron chi connectivity index (χ1n) is 5.54. The average Bonchev–Trinajstić information content (AvgIpc) is 2.66. The molecule has 1 N–H and O–H groups in total. The molecule has 1 unspecified atom stereocenters. The zero-order valence-electron chi connectivity index (χ0n) is 9.39. The van der Waals surface area contributed by atoms with Gasteiger partial charge in [-0.2, -0.15) is 0 Å². The van der Waals surface area contributed by atoms with E-state index in [1.54, 1.807) is 0 Å². The zero-order valence-corrected chi connectivity index (χ0v) is 9.39. The van der Waals surface area contributed by atoms with Gasteiger partial charge in [-0.05, 0) is 30.9 Å². The molecule has 0 saturated carbocycles. The smallest absolute Gasteiger partial charge is 0.303 e. The van der Waals surface area contributed by atoms with Crippen molar-refractivity contribution in [1.82, 2.24) is 4.98 Å². The van der Waals surface area contributed by atoms with Crippen LogP contribution in [0.3, 0.4) is 0 Å². The van der Waals surface area contributed by atoms with E-state index in [0.717, 1.165) is 30.9 Å². The molecule has 0 spiro atoms. The Morgan fingerprint density at radius 2 is 2.44 bits per heavy atom. The van der Waals surface area contributed by atoms with Crippen molar-refractivity contribution in [2.75, 3.05) is 18.0 Å². The topological polar surface area (TPSA) is 53.4 Å². The molecule has 86 valence electrons. The maximum Gasteiger partial charge on any atom is 0.303 e. The summed E-state index contributed by atoms with van der Waals surface area (Å²) >= 11 is 0. The number of anilines is 1. The number of hydrogen-bond donors (Lipinski definition) is 1. The molecule has 2 heterocycles. The Balaban J connectivity index is 1.98. The molecule has 1 atom stereocenters. The molecule has 0 aromatic carbocycles. The van der Waals surface area contributed by atoms with Crippen molar-refractivity contribution >= 4 is 11.8 Å². The van der Waals surface area contributed by atoms with E-state index in [4.69, 9.17) is 5.11 Å². The van der Waals surface area contributed by atoms with Crippen LogP contribution in [-0.4, -0.2) is 29.1 Å². The largest absolute Gasteiger partial charge is 0.481 e. The van der Waals surface area contributed by atoms with Gasteiger partial charge < -0.3 is 10.0 Å². The highest BCUT2D eigenvalue weighted by atomic mass is 16.4. The molecule has 0 bridgehead atoms. The monoisotopic (exact) mass is 220 g/mol. The van der Waals surface area contributed by atoms with Crippen LogP contribution in [-0.2, 0) is 4.79 Å². The lowest BCUT2D eigenvalue weighted by molar-refractivity contribution is -0.137. The van der Waals surface area contributed by atoms with E-state index >= 15 is 0 Å². The van der Waals surface area contributed by atoms with E-state index < -0.39 is 5.97 Å². The van der Waals surface area contributed by atoms with Crippen molar-refractivity contribution in [2.24, 2.45) is 5.92 Å². The van der Waals surface area contributed by atoms with E-state index in [1.165, 1.54) is 0 Å². The van der Waals surface area contributed by atoms with Crippen LogP contribution in [0.2, 0.25) is 0 Å². The predicted molar refractivity (Wildman–Crippen MR) is 61.5 cm³/mol. The third-order valence-corrected chi connectivity index (χ3v) is 2.97. The van der Waals surface area contributed by atoms with E-state index in [0.29, 0.717) is 0 Å². The van der Waals surface area contributed by atoms with E-state index in [9.17, 15) is 4.79 Å². The number of aliphatic carboxylic acids is 1.